The maximum absolute atomic E-state index is 13.9. The van der Waals surface area contributed by atoms with Crippen molar-refractivity contribution in [3.8, 4) is 11.8 Å². The summed E-state index contributed by atoms with van der Waals surface area (Å²) in [7, 11) is 1.65. The van der Waals surface area contributed by atoms with Crippen LogP contribution in [0.4, 0.5) is 10.1 Å². The van der Waals surface area contributed by atoms with Crippen molar-refractivity contribution < 1.29 is 14.3 Å². The fraction of sp³-hybridized carbons (Fsp3) is 0.333. The van der Waals surface area contributed by atoms with Crippen LogP contribution in [0.3, 0.4) is 0 Å². The van der Waals surface area contributed by atoms with Gasteiger partial charge in [-0.25, -0.2) is 4.39 Å². The van der Waals surface area contributed by atoms with Crippen LogP contribution >= 0.6 is 0 Å². The Hall–Kier alpha value is -3.11. The number of anilines is 1. The maximum Gasteiger partial charge on any atom is 0.236 e. The van der Waals surface area contributed by atoms with Gasteiger partial charge in [0, 0.05) is 51.0 Å². The van der Waals surface area contributed by atoms with E-state index in [1.807, 2.05) is 18.2 Å². The highest BCUT2D eigenvalue weighted by molar-refractivity contribution is 5.78. The fourth-order valence-electron chi connectivity index (χ4n) is 3.25. The van der Waals surface area contributed by atoms with E-state index in [0.29, 0.717) is 11.1 Å². The summed E-state index contributed by atoms with van der Waals surface area (Å²) in [5, 5.41) is 18.3. The van der Waals surface area contributed by atoms with Crippen LogP contribution in [0, 0.1) is 17.1 Å². The number of nitriles is 1. The van der Waals surface area contributed by atoms with Crippen molar-refractivity contribution in [3.05, 3.63) is 59.4 Å². The lowest BCUT2D eigenvalue weighted by Crippen LogP contribution is -2.49. The number of hydrogen-bond acceptors (Lipinski definition) is 5. The topological polar surface area (TPSA) is 70.8 Å². The van der Waals surface area contributed by atoms with E-state index in [1.54, 1.807) is 19.2 Å². The zero-order valence-corrected chi connectivity index (χ0v) is 15.8. The molecule has 0 spiro atoms. The Labute approximate surface area is 164 Å². The zero-order valence-electron chi connectivity index (χ0n) is 15.8. The summed E-state index contributed by atoms with van der Waals surface area (Å²) in [4.78, 5) is 18.3. The molecule has 0 unspecified atom stereocenters. The molecule has 0 radical (unpaired) electrons. The number of phenols is 1. The Morgan fingerprint density at radius 2 is 1.86 bits per heavy atom. The SMILES string of the molecule is CN(Cc1cc(C#N)ccc1F)C(=O)CN1CCN(c2ccc(O)cc2)CC1. The number of benzene rings is 2. The van der Waals surface area contributed by atoms with E-state index in [0.717, 1.165) is 31.9 Å². The van der Waals surface area contributed by atoms with E-state index in [9.17, 15) is 14.3 Å². The molecule has 146 valence electrons. The van der Waals surface area contributed by atoms with E-state index < -0.39 is 5.82 Å². The third kappa shape index (κ3) is 4.78. The van der Waals surface area contributed by atoms with Crippen LogP contribution in [0.5, 0.6) is 5.75 Å². The third-order valence-electron chi connectivity index (χ3n) is 4.95. The Bertz CT molecular complexity index is 871. The molecule has 3 rings (SSSR count). The van der Waals surface area contributed by atoms with Crippen LogP contribution in [-0.2, 0) is 11.3 Å². The molecule has 0 bridgehead atoms. The van der Waals surface area contributed by atoms with Gasteiger partial charge in [0.2, 0.25) is 5.91 Å². The van der Waals surface area contributed by atoms with Crippen molar-refractivity contribution in [2.45, 2.75) is 6.54 Å². The summed E-state index contributed by atoms with van der Waals surface area (Å²) in [5.41, 5.74) is 1.77. The average molecular weight is 382 g/mol. The number of hydrogen-bond donors (Lipinski definition) is 1. The summed E-state index contributed by atoms with van der Waals surface area (Å²) < 4.78 is 13.9. The van der Waals surface area contributed by atoms with E-state index in [4.69, 9.17) is 5.26 Å². The molecule has 1 N–H and O–H groups in total. The molecule has 0 atom stereocenters. The van der Waals surface area contributed by atoms with Gasteiger partial charge < -0.3 is 14.9 Å². The van der Waals surface area contributed by atoms with Gasteiger partial charge in [0.25, 0.3) is 0 Å². The number of rotatable bonds is 5. The van der Waals surface area contributed by atoms with Crippen LogP contribution in [0.2, 0.25) is 0 Å². The Morgan fingerprint density at radius 1 is 1.18 bits per heavy atom. The second kappa shape index (κ2) is 8.72. The van der Waals surface area contributed by atoms with Gasteiger partial charge in [-0.3, -0.25) is 9.69 Å². The smallest absolute Gasteiger partial charge is 0.236 e. The first-order chi connectivity index (χ1) is 13.5. The highest BCUT2D eigenvalue weighted by Gasteiger charge is 2.21. The predicted octanol–water partition coefficient (Wildman–Crippen LogP) is 2.18. The number of aromatic hydroxyl groups is 1. The minimum absolute atomic E-state index is 0.0835. The molecule has 1 aliphatic heterocycles. The van der Waals surface area contributed by atoms with E-state index in [-0.39, 0.29) is 24.7 Å². The molecule has 1 aliphatic rings. The van der Waals surface area contributed by atoms with Crippen LogP contribution < -0.4 is 4.90 Å². The minimum Gasteiger partial charge on any atom is -0.508 e. The number of piperazine rings is 1. The first-order valence-electron chi connectivity index (χ1n) is 9.15. The van der Waals surface area contributed by atoms with E-state index in [2.05, 4.69) is 9.80 Å². The molecule has 7 heteroatoms. The largest absolute Gasteiger partial charge is 0.508 e. The molecule has 28 heavy (non-hydrogen) atoms. The van der Waals surface area contributed by atoms with Crippen molar-refractivity contribution in [3.63, 3.8) is 0 Å². The molecular weight excluding hydrogens is 359 g/mol. The summed E-state index contributed by atoms with van der Waals surface area (Å²) in [6.45, 7) is 3.49. The molecular formula is C21H23FN4O2. The number of amides is 1. The highest BCUT2D eigenvalue weighted by Crippen LogP contribution is 2.20. The number of likely N-dealkylation sites (N-methyl/N-ethyl adjacent to an activating group) is 1. The average Bonchev–Trinajstić information content (AvgIpc) is 2.71. The molecule has 0 aromatic heterocycles. The number of carbonyl (C=O) groups is 1. The lowest BCUT2D eigenvalue weighted by molar-refractivity contribution is -0.131. The summed E-state index contributed by atoms with van der Waals surface area (Å²) in [6, 6.07) is 13.3. The van der Waals surface area contributed by atoms with E-state index in [1.165, 1.54) is 23.1 Å². The van der Waals surface area contributed by atoms with Crippen molar-refractivity contribution in [1.82, 2.24) is 9.80 Å². The van der Waals surface area contributed by atoms with Crippen molar-refractivity contribution in [2.75, 3.05) is 44.7 Å². The first kappa shape index (κ1) is 19.6. The summed E-state index contributed by atoms with van der Waals surface area (Å²) >= 11 is 0. The molecule has 1 fully saturated rings. The monoisotopic (exact) mass is 382 g/mol. The van der Waals surface area contributed by atoms with Gasteiger partial charge in [-0.05, 0) is 42.5 Å². The fourth-order valence-corrected chi connectivity index (χ4v) is 3.25. The maximum atomic E-state index is 13.9. The quantitative estimate of drug-likeness (QED) is 0.858. The van der Waals surface area contributed by atoms with Crippen LogP contribution in [0.25, 0.3) is 0 Å². The first-order valence-corrected chi connectivity index (χ1v) is 9.15. The molecule has 0 saturated carbocycles. The lowest BCUT2D eigenvalue weighted by atomic mass is 10.1. The molecule has 2 aromatic carbocycles. The molecule has 6 nitrogen and oxygen atoms in total. The normalized spacial score (nSPS) is 14.5. The third-order valence-corrected chi connectivity index (χ3v) is 4.95. The van der Waals surface area contributed by atoms with Crippen LogP contribution in [-0.4, -0.2) is 60.6 Å². The summed E-state index contributed by atoms with van der Waals surface area (Å²) in [5.74, 6) is -0.256. The molecule has 1 heterocycles. The minimum atomic E-state index is -0.416. The Balaban J connectivity index is 1.51. The summed E-state index contributed by atoms with van der Waals surface area (Å²) in [6.07, 6.45) is 0. The highest BCUT2D eigenvalue weighted by atomic mass is 19.1. The Kier molecular flexibility index (Phi) is 6.12. The number of carbonyl (C=O) groups excluding carboxylic acids is 1. The van der Waals surface area contributed by atoms with Crippen molar-refractivity contribution in [1.29, 1.82) is 5.26 Å². The standard InChI is InChI=1S/C21H23FN4O2/c1-24(14-17-12-16(13-23)2-7-20(17)22)21(28)15-25-8-10-26(11-9-25)18-3-5-19(27)6-4-18/h2-7,12,27H,8-11,14-15H2,1H3. The lowest BCUT2D eigenvalue weighted by Gasteiger charge is -2.36. The molecule has 1 amide bonds. The van der Waals surface area contributed by atoms with Crippen molar-refractivity contribution >= 4 is 11.6 Å². The number of phenolic OH excluding ortho intramolecular Hbond substituents is 1. The van der Waals surface area contributed by atoms with Crippen LogP contribution in [0.15, 0.2) is 42.5 Å². The van der Waals surface area contributed by atoms with Gasteiger partial charge in [0.05, 0.1) is 18.2 Å². The zero-order chi connectivity index (χ0) is 20.1. The van der Waals surface area contributed by atoms with Crippen molar-refractivity contribution in [2.24, 2.45) is 0 Å². The number of nitrogens with zero attached hydrogens (tertiary/aromatic N) is 4. The molecule has 0 aliphatic carbocycles. The Morgan fingerprint density at radius 3 is 2.50 bits per heavy atom. The molecule has 1 saturated heterocycles. The number of halogens is 1. The predicted molar refractivity (Wildman–Crippen MR) is 104 cm³/mol. The van der Waals surface area contributed by atoms with E-state index >= 15 is 0 Å². The van der Waals surface area contributed by atoms with Gasteiger partial charge in [-0.15, -0.1) is 0 Å². The van der Waals surface area contributed by atoms with Crippen LogP contribution in [0.1, 0.15) is 11.1 Å². The van der Waals surface area contributed by atoms with Gasteiger partial charge in [0.15, 0.2) is 0 Å². The van der Waals surface area contributed by atoms with Gasteiger partial charge >= 0.3 is 0 Å². The molecule has 2 aromatic rings. The second-order valence-corrected chi connectivity index (χ2v) is 6.95. The van der Waals surface area contributed by atoms with Gasteiger partial charge in [0.1, 0.15) is 11.6 Å². The van der Waals surface area contributed by atoms with Gasteiger partial charge in [-0.1, -0.05) is 0 Å². The van der Waals surface area contributed by atoms with Gasteiger partial charge in [-0.2, -0.15) is 5.26 Å². The second-order valence-electron chi connectivity index (χ2n) is 6.95.